The zero-order valence-electron chi connectivity index (χ0n) is 23.4. The van der Waals surface area contributed by atoms with Crippen molar-refractivity contribution < 1.29 is 14.9 Å². The van der Waals surface area contributed by atoms with Crippen LogP contribution in [0.5, 0.6) is 11.5 Å². The van der Waals surface area contributed by atoms with Crippen molar-refractivity contribution in [2.75, 3.05) is 39.3 Å². The predicted molar refractivity (Wildman–Crippen MR) is 165 cm³/mol. The highest BCUT2D eigenvalue weighted by molar-refractivity contribution is 7.22. The molecule has 6 heteroatoms. The fourth-order valence-corrected chi connectivity index (χ4v) is 7.45. The number of hydrogen-bond donors (Lipinski definition) is 2. The van der Waals surface area contributed by atoms with Crippen molar-refractivity contribution in [1.29, 1.82) is 0 Å². The van der Waals surface area contributed by atoms with Gasteiger partial charge in [0.05, 0.1) is 0 Å². The number of aliphatic hydroxyl groups excluding tert-OH is 1. The van der Waals surface area contributed by atoms with Crippen molar-refractivity contribution in [2.24, 2.45) is 0 Å². The third-order valence-electron chi connectivity index (χ3n) is 8.38. The Morgan fingerprint density at radius 1 is 0.875 bits per heavy atom. The fourth-order valence-electron chi connectivity index (χ4n) is 6.19. The molecule has 0 saturated carbocycles. The Balaban J connectivity index is 1.20. The summed E-state index contributed by atoms with van der Waals surface area (Å²) in [4.78, 5) is 6.08. The number of aliphatic hydroxyl groups is 1. The van der Waals surface area contributed by atoms with E-state index < -0.39 is 6.10 Å². The smallest absolute Gasteiger partial charge is 0.119 e. The van der Waals surface area contributed by atoms with Crippen molar-refractivity contribution in [3.05, 3.63) is 82.9 Å². The third kappa shape index (κ3) is 6.36. The molecular formula is C34H40N2O3S. The molecule has 2 saturated heterocycles. The minimum absolute atomic E-state index is 0.296. The van der Waals surface area contributed by atoms with Gasteiger partial charge in [-0.3, -0.25) is 4.90 Å². The molecule has 2 N–H and O–H groups in total. The van der Waals surface area contributed by atoms with Gasteiger partial charge in [0, 0.05) is 22.7 Å². The number of aryl methyl sites for hydroxylation is 1. The Morgan fingerprint density at radius 3 is 2.33 bits per heavy atom. The van der Waals surface area contributed by atoms with E-state index in [0.717, 1.165) is 42.1 Å². The maximum atomic E-state index is 10.4. The zero-order chi connectivity index (χ0) is 27.5. The van der Waals surface area contributed by atoms with Gasteiger partial charge in [-0.2, -0.15) is 0 Å². The first-order valence-corrected chi connectivity index (χ1v) is 15.5. The summed E-state index contributed by atoms with van der Waals surface area (Å²) in [6.07, 6.45) is 5.43. The molecule has 0 radical (unpaired) electrons. The van der Waals surface area contributed by atoms with Crippen LogP contribution >= 0.6 is 11.3 Å². The maximum absolute atomic E-state index is 10.4. The van der Waals surface area contributed by atoms with Crippen molar-refractivity contribution in [3.63, 3.8) is 0 Å². The van der Waals surface area contributed by atoms with Crippen LogP contribution in [0.25, 0.3) is 20.5 Å². The zero-order valence-corrected chi connectivity index (χ0v) is 24.3. The van der Waals surface area contributed by atoms with E-state index in [1.54, 1.807) is 17.4 Å². The van der Waals surface area contributed by atoms with E-state index >= 15 is 0 Å². The second kappa shape index (κ2) is 12.3. The highest BCUT2D eigenvalue weighted by atomic mass is 32.1. The Kier molecular flexibility index (Phi) is 8.40. The van der Waals surface area contributed by atoms with Gasteiger partial charge in [0.1, 0.15) is 24.2 Å². The Hall–Kier alpha value is -2.90. The molecule has 5 nitrogen and oxygen atoms in total. The Labute approximate surface area is 241 Å². The van der Waals surface area contributed by atoms with E-state index in [0.29, 0.717) is 18.9 Å². The molecule has 6 rings (SSSR count). The topological polar surface area (TPSA) is 56.2 Å². The molecule has 1 aromatic heterocycles. The maximum Gasteiger partial charge on any atom is 0.119 e. The lowest BCUT2D eigenvalue weighted by Gasteiger charge is -2.19. The number of rotatable bonds is 10. The Bertz CT molecular complexity index is 1440. The summed E-state index contributed by atoms with van der Waals surface area (Å²) in [6.45, 7) is 8.82. The third-order valence-corrected chi connectivity index (χ3v) is 9.63. The van der Waals surface area contributed by atoms with Gasteiger partial charge in [0.25, 0.3) is 0 Å². The first-order valence-electron chi connectivity index (χ1n) is 14.7. The van der Waals surface area contributed by atoms with Crippen molar-refractivity contribution in [2.45, 2.75) is 51.7 Å². The van der Waals surface area contributed by atoms with Gasteiger partial charge in [-0.15, -0.1) is 11.3 Å². The molecule has 3 heterocycles. The summed E-state index contributed by atoms with van der Waals surface area (Å²) in [7, 11) is 0. The first kappa shape index (κ1) is 27.3. The summed E-state index contributed by atoms with van der Waals surface area (Å²) in [5.41, 5.74) is 6.52. The molecule has 0 aliphatic carbocycles. The number of nitrogens with zero attached hydrogens (tertiary/aromatic N) is 2. The van der Waals surface area contributed by atoms with Crippen LogP contribution in [-0.2, 0) is 13.0 Å². The second-order valence-electron chi connectivity index (χ2n) is 11.5. The molecule has 1 atom stereocenters. The number of benzene rings is 3. The molecule has 210 valence electrons. The molecule has 0 unspecified atom stereocenters. The largest absolute Gasteiger partial charge is 0.508 e. The van der Waals surface area contributed by atoms with Gasteiger partial charge in [-0.05, 0) is 141 Å². The normalized spacial score (nSPS) is 17.1. The molecule has 0 spiro atoms. The summed E-state index contributed by atoms with van der Waals surface area (Å²) in [5.74, 6) is 1.07. The van der Waals surface area contributed by atoms with Gasteiger partial charge in [-0.25, -0.2) is 0 Å². The average molecular weight is 557 g/mol. The SMILES string of the molecule is Cc1cc(Cc2c(-c3ccc(OC[C@H](O)CN4CCCC4)cc3)sc3cc(O)ccc23)ccc1CN1CCCC1. The fraction of sp³-hybridized carbons (Fsp3) is 0.412. The molecule has 2 aliphatic heterocycles. The number of hydrogen-bond acceptors (Lipinski definition) is 6. The number of fused-ring (bicyclic) bond motifs is 1. The van der Waals surface area contributed by atoms with Gasteiger partial charge in [0.2, 0.25) is 0 Å². The molecule has 0 bridgehead atoms. The summed E-state index contributed by atoms with van der Waals surface area (Å²) >= 11 is 1.73. The number of ether oxygens (including phenoxy) is 1. The van der Waals surface area contributed by atoms with Gasteiger partial charge >= 0.3 is 0 Å². The molecular weight excluding hydrogens is 516 g/mol. The lowest BCUT2D eigenvalue weighted by atomic mass is 9.96. The number of likely N-dealkylation sites (tertiary alicyclic amines) is 2. The molecule has 3 aromatic carbocycles. The van der Waals surface area contributed by atoms with Crippen LogP contribution in [0.4, 0.5) is 0 Å². The van der Waals surface area contributed by atoms with Gasteiger partial charge in [-0.1, -0.05) is 18.2 Å². The van der Waals surface area contributed by atoms with Crippen LogP contribution in [0.2, 0.25) is 0 Å². The van der Waals surface area contributed by atoms with Crippen LogP contribution in [0.3, 0.4) is 0 Å². The minimum atomic E-state index is -0.482. The number of β-amino-alcohol motifs (C(OH)–C–C–N with tert-alkyl or cyclic N) is 1. The van der Waals surface area contributed by atoms with Crippen molar-refractivity contribution in [3.8, 4) is 21.9 Å². The number of thiophene rings is 1. The Morgan fingerprint density at radius 2 is 1.60 bits per heavy atom. The van der Waals surface area contributed by atoms with Gasteiger partial charge < -0.3 is 19.8 Å². The van der Waals surface area contributed by atoms with Crippen molar-refractivity contribution in [1.82, 2.24) is 9.80 Å². The molecule has 40 heavy (non-hydrogen) atoms. The van der Waals surface area contributed by atoms with Crippen molar-refractivity contribution >= 4 is 21.4 Å². The van der Waals surface area contributed by atoms with E-state index in [4.69, 9.17) is 4.74 Å². The predicted octanol–water partition coefficient (Wildman–Crippen LogP) is 6.60. The average Bonchev–Trinajstić information content (AvgIpc) is 3.72. The van der Waals surface area contributed by atoms with Crippen LogP contribution in [0, 0.1) is 6.92 Å². The molecule has 2 fully saturated rings. The summed E-state index contributed by atoms with van der Waals surface area (Å²) < 4.78 is 7.03. The quantitative estimate of drug-likeness (QED) is 0.230. The highest BCUT2D eigenvalue weighted by Gasteiger charge is 2.18. The summed E-state index contributed by atoms with van der Waals surface area (Å²) in [5, 5.41) is 21.8. The number of phenols is 1. The molecule has 4 aromatic rings. The van der Waals surface area contributed by atoms with E-state index in [1.165, 1.54) is 71.3 Å². The standard InChI is InChI=1S/C34H40N2O3S/c1-24-18-25(6-7-27(24)21-35-14-2-3-15-35)19-32-31-13-10-28(37)20-33(31)40-34(32)26-8-11-30(12-9-26)39-23-29(38)22-36-16-4-5-17-36/h6-13,18,20,29,37-38H,2-5,14-17,19,21-23H2,1H3/t29-/m1/s1. The first-order chi connectivity index (χ1) is 19.5. The lowest BCUT2D eigenvalue weighted by molar-refractivity contribution is 0.0758. The van der Waals surface area contributed by atoms with E-state index in [1.807, 2.05) is 24.3 Å². The van der Waals surface area contributed by atoms with Crippen LogP contribution in [0.1, 0.15) is 47.9 Å². The second-order valence-corrected chi connectivity index (χ2v) is 12.6. The van der Waals surface area contributed by atoms with Crippen LogP contribution in [0.15, 0.2) is 60.7 Å². The monoisotopic (exact) mass is 556 g/mol. The van der Waals surface area contributed by atoms with Crippen LogP contribution < -0.4 is 4.74 Å². The molecule has 2 aliphatic rings. The van der Waals surface area contributed by atoms with E-state index in [2.05, 4.69) is 47.1 Å². The number of phenolic OH excluding ortho intramolecular Hbond substituents is 1. The lowest BCUT2D eigenvalue weighted by Crippen LogP contribution is -2.33. The highest BCUT2D eigenvalue weighted by Crippen LogP contribution is 2.41. The molecule has 0 amide bonds. The van der Waals surface area contributed by atoms with Gasteiger partial charge in [0.15, 0.2) is 0 Å². The van der Waals surface area contributed by atoms with E-state index in [9.17, 15) is 10.2 Å². The minimum Gasteiger partial charge on any atom is -0.508 e. The van der Waals surface area contributed by atoms with Crippen LogP contribution in [-0.4, -0.2) is 65.4 Å². The summed E-state index contributed by atoms with van der Waals surface area (Å²) in [6, 6.07) is 20.9. The number of aromatic hydroxyl groups is 1. The van der Waals surface area contributed by atoms with E-state index in [-0.39, 0.29) is 0 Å².